The summed E-state index contributed by atoms with van der Waals surface area (Å²) in [5.74, 6) is 0.0593. The molecule has 2 N–H and O–H groups in total. The highest BCUT2D eigenvalue weighted by molar-refractivity contribution is 14.1. The van der Waals surface area contributed by atoms with Crippen molar-refractivity contribution in [3.8, 4) is 0 Å². The number of carbonyl (C=O) groups excluding carboxylic acids is 1. The maximum Gasteiger partial charge on any atom is 0.305 e. The summed E-state index contributed by atoms with van der Waals surface area (Å²) in [7, 11) is 1.41. The van der Waals surface area contributed by atoms with Crippen LogP contribution in [0.2, 0.25) is 0 Å². The second-order valence-electron chi connectivity index (χ2n) is 4.28. The number of halogens is 1. The minimum absolute atomic E-state index is 0.0216. The van der Waals surface area contributed by atoms with E-state index in [2.05, 4.69) is 27.3 Å². The van der Waals surface area contributed by atoms with Gasteiger partial charge in [-0.1, -0.05) is 19.1 Å². The van der Waals surface area contributed by atoms with Crippen LogP contribution < -0.4 is 5.73 Å². The summed E-state index contributed by atoms with van der Waals surface area (Å²) in [6.07, 6.45) is 1.21. The van der Waals surface area contributed by atoms with Crippen molar-refractivity contribution in [3.63, 3.8) is 0 Å². The molecule has 1 aromatic carbocycles. The van der Waals surface area contributed by atoms with Crippen LogP contribution in [0, 0.1) is 9.49 Å². The maximum absolute atomic E-state index is 11.1. The molecule has 94 valence electrons. The summed E-state index contributed by atoms with van der Waals surface area (Å²) in [4.78, 5) is 11.1. The Balaban J connectivity index is 2.51. The second-order valence-corrected chi connectivity index (χ2v) is 5.52. The first kappa shape index (κ1) is 14.4. The molecular formula is C13H18INO2. The van der Waals surface area contributed by atoms with Crippen LogP contribution in [0.4, 0.5) is 0 Å². The average Bonchev–Trinajstić information content (AvgIpc) is 2.29. The molecule has 0 aliphatic rings. The molecule has 0 saturated carbocycles. The molecule has 0 fully saturated rings. The molecule has 0 aromatic heterocycles. The Bertz CT molecular complexity index is 364. The number of benzene rings is 1. The van der Waals surface area contributed by atoms with Crippen LogP contribution in [-0.4, -0.2) is 13.1 Å². The first-order chi connectivity index (χ1) is 8.02. The quantitative estimate of drug-likeness (QED) is 0.658. The third-order valence-electron chi connectivity index (χ3n) is 2.70. The van der Waals surface area contributed by atoms with E-state index in [-0.39, 0.29) is 17.9 Å². The Hall–Kier alpha value is -0.620. The number of rotatable bonds is 5. The molecular weight excluding hydrogens is 329 g/mol. The molecule has 1 aromatic rings. The molecule has 0 heterocycles. The van der Waals surface area contributed by atoms with E-state index in [4.69, 9.17) is 5.73 Å². The van der Waals surface area contributed by atoms with Crippen molar-refractivity contribution in [1.29, 1.82) is 0 Å². The van der Waals surface area contributed by atoms with Crippen molar-refractivity contribution in [1.82, 2.24) is 0 Å². The zero-order valence-corrected chi connectivity index (χ0v) is 12.3. The van der Waals surface area contributed by atoms with E-state index in [0.29, 0.717) is 6.42 Å². The van der Waals surface area contributed by atoms with Crippen LogP contribution in [0.1, 0.15) is 31.4 Å². The molecule has 0 radical (unpaired) electrons. The van der Waals surface area contributed by atoms with Crippen LogP contribution in [-0.2, 0) is 9.53 Å². The average molecular weight is 347 g/mol. The minimum atomic E-state index is -0.174. The molecule has 2 atom stereocenters. The predicted octanol–water partition coefficient (Wildman–Crippen LogP) is 2.88. The summed E-state index contributed by atoms with van der Waals surface area (Å²) >= 11 is 2.26. The SMILES string of the molecule is COC(=O)CC(C)CC(N)c1ccc(I)cc1. The molecule has 2 unspecified atom stereocenters. The number of carbonyl (C=O) groups is 1. The highest BCUT2D eigenvalue weighted by atomic mass is 127. The van der Waals surface area contributed by atoms with Gasteiger partial charge >= 0.3 is 5.97 Å². The monoisotopic (exact) mass is 347 g/mol. The lowest BCUT2D eigenvalue weighted by Gasteiger charge is -2.16. The zero-order valence-electron chi connectivity index (χ0n) is 10.2. The van der Waals surface area contributed by atoms with Gasteiger partial charge < -0.3 is 10.5 Å². The van der Waals surface area contributed by atoms with Gasteiger partial charge in [0.25, 0.3) is 0 Å². The largest absolute Gasteiger partial charge is 0.469 e. The normalized spacial score (nSPS) is 14.1. The number of nitrogens with two attached hydrogens (primary N) is 1. The lowest BCUT2D eigenvalue weighted by atomic mass is 9.94. The van der Waals surface area contributed by atoms with Crippen LogP contribution in [0.25, 0.3) is 0 Å². The van der Waals surface area contributed by atoms with E-state index in [1.165, 1.54) is 10.7 Å². The van der Waals surface area contributed by atoms with Gasteiger partial charge in [-0.3, -0.25) is 4.79 Å². The van der Waals surface area contributed by atoms with Crippen LogP contribution >= 0.6 is 22.6 Å². The predicted molar refractivity (Wildman–Crippen MR) is 76.5 cm³/mol. The third kappa shape index (κ3) is 5.04. The van der Waals surface area contributed by atoms with E-state index in [9.17, 15) is 4.79 Å². The number of methoxy groups -OCH3 is 1. The fraction of sp³-hybridized carbons (Fsp3) is 0.462. The van der Waals surface area contributed by atoms with Crippen LogP contribution in [0.15, 0.2) is 24.3 Å². The Kier molecular flexibility index (Phi) is 5.91. The Morgan fingerprint density at radius 1 is 1.41 bits per heavy atom. The van der Waals surface area contributed by atoms with Gasteiger partial charge in [0.1, 0.15) is 0 Å². The van der Waals surface area contributed by atoms with Gasteiger partial charge in [0.05, 0.1) is 7.11 Å². The van der Waals surface area contributed by atoms with Crippen molar-refractivity contribution in [2.75, 3.05) is 7.11 Å². The molecule has 4 heteroatoms. The Labute approximate surface area is 116 Å². The van der Waals surface area contributed by atoms with E-state index >= 15 is 0 Å². The summed E-state index contributed by atoms with van der Waals surface area (Å²) in [5.41, 5.74) is 7.22. The van der Waals surface area contributed by atoms with Gasteiger partial charge in [0.2, 0.25) is 0 Å². The van der Waals surface area contributed by atoms with Crippen molar-refractivity contribution >= 4 is 28.6 Å². The number of hydrogen-bond donors (Lipinski definition) is 1. The molecule has 3 nitrogen and oxygen atoms in total. The zero-order chi connectivity index (χ0) is 12.8. The molecule has 0 aliphatic heterocycles. The molecule has 0 bridgehead atoms. The lowest BCUT2D eigenvalue weighted by Crippen LogP contribution is -2.16. The fourth-order valence-electron chi connectivity index (χ4n) is 1.73. The third-order valence-corrected chi connectivity index (χ3v) is 3.42. The van der Waals surface area contributed by atoms with Crippen molar-refractivity contribution in [2.24, 2.45) is 11.7 Å². The van der Waals surface area contributed by atoms with Crippen molar-refractivity contribution in [2.45, 2.75) is 25.8 Å². The topological polar surface area (TPSA) is 52.3 Å². The smallest absolute Gasteiger partial charge is 0.305 e. The van der Waals surface area contributed by atoms with E-state index in [0.717, 1.165) is 12.0 Å². The molecule has 0 amide bonds. The minimum Gasteiger partial charge on any atom is -0.469 e. The molecule has 17 heavy (non-hydrogen) atoms. The van der Waals surface area contributed by atoms with Gasteiger partial charge in [-0.2, -0.15) is 0 Å². The molecule has 0 spiro atoms. The second kappa shape index (κ2) is 6.96. The lowest BCUT2D eigenvalue weighted by molar-refractivity contribution is -0.141. The van der Waals surface area contributed by atoms with Crippen molar-refractivity contribution in [3.05, 3.63) is 33.4 Å². The highest BCUT2D eigenvalue weighted by Gasteiger charge is 2.14. The summed E-state index contributed by atoms with van der Waals surface area (Å²) < 4.78 is 5.84. The fourth-order valence-corrected chi connectivity index (χ4v) is 2.09. The number of esters is 1. The van der Waals surface area contributed by atoms with Crippen LogP contribution in [0.5, 0.6) is 0 Å². The summed E-state index contributed by atoms with van der Waals surface area (Å²) in [5, 5.41) is 0. The molecule has 0 aliphatic carbocycles. The first-order valence-corrected chi connectivity index (χ1v) is 6.68. The Morgan fingerprint density at radius 2 is 2.00 bits per heavy atom. The Morgan fingerprint density at radius 3 is 2.53 bits per heavy atom. The maximum atomic E-state index is 11.1. The van der Waals surface area contributed by atoms with Crippen molar-refractivity contribution < 1.29 is 9.53 Å². The number of ether oxygens (including phenoxy) is 1. The van der Waals surface area contributed by atoms with Gasteiger partial charge in [-0.25, -0.2) is 0 Å². The van der Waals surface area contributed by atoms with Gasteiger partial charge in [-0.15, -0.1) is 0 Å². The first-order valence-electron chi connectivity index (χ1n) is 5.60. The van der Waals surface area contributed by atoms with E-state index in [1.54, 1.807) is 0 Å². The van der Waals surface area contributed by atoms with E-state index < -0.39 is 0 Å². The molecule has 1 rings (SSSR count). The van der Waals surface area contributed by atoms with Gasteiger partial charge in [0, 0.05) is 16.0 Å². The summed E-state index contributed by atoms with van der Waals surface area (Å²) in [6.45, 7) is 2.02. The van der Waals surface area contributed by atoms with Gasteiger partial charge in [-0.05, 0) is 52.6 Å². The van der Waals surface area contributed by atoms with Crippen LogP contribution in [0.3, 0.4) is 0 Å². The standard InChI is InChI=1S/C13H18INO2/c1-9(8-13(16)17-2)7-12(15)10-3-5-11(14)6-4-10/h3-6,9,12H,7-8,15H2,1-2H3. The molecule has 0 saturated heterocycles. The number of hydrogen-bond acceptors (Lipinski definition) is 3. The summed E-state index contributed by atoms with van der Waals surface area (Å²) in [6, 6.07) is 8.14. The van der Waals surface area contributed by atoms with E-state index in [1.807, 2.05) is 31.2 Å². The highest BCUT2D eigenvalue weighted by Crippen LogP contribution is 2.21. The van der Waals surface area contributed by atoms with Gasteiger partial charge in [0.15, 0.2) is 0 Å².